The predicted octanol–water partition coefficient (Wildman–Crippen LogP) is 5.93. The van der Waals surface area contributed by atoms with E-state index in [9.17, 15) is 4.79 Å². The Hall–Kier alpha value is -3.47. The molecule has 1 saturated heterocycles. The van der Waals surface area contributed by atoms with Crippen LogP contribution in [0.15, 0.2) is 91.0 Å². The summed E-state index contributed by atoms with van der Waals surface area (Å²) in [7, 11) is 0. The van der Waals surface area contributed by atoms with Crippen LogP contribution in [-0.4, -0.2) is 35.3 Å². The lowest BCUT2D eigenvalue weighted by atomic mass is 9.96. The van der Waals surface area contributed by atoms with E-state index in [1.54, 1.807) is 0 Å². The Morgan fingerprint density at radius 1 is 0.789 bits per heavy atom. The SMILES string of the molecule is O=C(NCc1cccc(CN2CCc3ccccc3C2)c1)C1CCCN(Cc2cccc3ccccc23)C1. The van der Waals surface area contributed by atoms with Crippen LogP contribution in [0.2, 0.25) is 0 Å². The second-order valence-electron chi connectivity index (χ2n) is 11.0. The Kier molecular flexibility index (Phi) is 7.52. The number of benzene rings is 4. The van der Waals surface area contributed by atoms with E-state index in [4.69, 9.17) is 0 Å². The normalized spacial score (nSPS) is 18.3. The van der Waals surface area contributed by atoms with Gasteiger partial charge in [-0.3, -0.25) is 14.6 Å². The number of fused-ring (bicyclic) bond motifs is 2. The number of carbonyl (C=O) groups excluding carboxylic acids is 1. The van der Waals surface area contributed by atoms with Gasteiger partial charge in [0.15, 0.2) is 0 Å². The first-order chi connectivity index (χ1) is 18.7. The Balaban J connectivity index is 1.03. The lowest BCUT2D eigenvalue weighted by Gasteiger charge is -2.32. The minimum atomic E-state index is 0.0512. The fraction of sp³-hybridized carbons (Fsp3) is 0.324. The fourth-order valence-electron chi connectivity index (χ4n) is 6.20. The molecule has 0 aromatic heterocycles. The van der Waals surface area contributed by atoms with Gasteiger partial charge < -0.3 is 5.32 Å². The maximum atomic E-state index is 13.2. The molecule has 1 N–H and O–H groups in total. The lowest BCUT2D eigenvalue weighted by Crippen LogP contribution is -2.42. The standard InChI is InChI=1S/C34H37N3O/c38-34(32-15-7-18-36(25-32)24-31-14-6-13-29-11-3-4-16-33(29)31)35-21-26-8-5-9-27(20-26)22-37-19-17-28-10-1-2-12-30(28)23-37/h1-6,8-14,16,20,32H,7,15,17-19,21-25H2,(H,35,38). The topological polar surface area (TPSA) is 35.6 Å². The van der Waals surface area contributed by atoms with Gasteiger partial charge in [0.05, 0.1) is 5.92 Å². The monoisotopic (exact) mass is 503 g/mol. The number of likely N-dealkylation sites (tertiary alicyclic amines) is 1. The van der Waals surface area contributed by atoms with Crippen molar-refractivity contribution in [2.45, 2.75) is 45.4 Å². The Morgan fingerprint density at radius 3 is 2.53 bits per heavy atom. The summed E-state index contributed by atoms with van der Waals surface area (Å²) < 4.78 is 0. The zero-order valence-electron chi connectivity index (χ0n) is 22.1. The molecule has 4 aromatic rings. The van der Waals surface area contributed by atoms with Crippen LogP contribution in [0.3, 0.4) is 0 Å². The average molecular weight is 504 g/mol. The van der Waals surface area contributed by atoms with Crippen molar-refractivity contribution in [2.75, 3.05) is 19.6 Å². The molecule has 2 aliphatic rings. The molecule has 1 amide bonds. The van der Waals surface area contributed by atoms with Gasteiger partial charge in [-0.25, -0.2) is 0 Å². The van der Waals surface area contributed by atoms with E-state index in [2.05, 4.69) is 106 Å². The van der Waals surface area contributed by atoms with Crippen molar-refractivity contribution in [3.05, 3.63) is 119 Å². The van der Waals surface area contributed by atoms with Gasteiger partial charge in [-0.2, -0.15) is 0 Å². The summed E-state index contributed by atoms with van der Waals surface area (Å²) in [5.41, 5.74) is 6.77. The third-order valence-electron chi connectivity index (χ3n) is 8.22. The van der Waals surface area contributed by atoms with E-state index in [0.29, 0.717) is 6.54 Å². The minimum absolute atomic E-state index is 0.0512. The first-order valence-electron chi connectivity index (χ1n) is 14.0. The van der Waals surface area contributed by atoms with Crippen molar-refractivity contribution in [1.82, 2.24) is 15.1 Å². The molecule has 0 spiro atoms. The highest BCUT2D eigenvalue weighted by molar-refractivity contribution is 5.85. The molecular weight excluding hydrogens is 466 g/mol. The molecule has 4 heteroatoms. The smallest absolute Gasteiger partial charge is 0.224 e. The number of hydrogen-bond donors (Lipinski definition) is 1. The number of piperidine rings is 1. The van der Waals surface area contributed by atoms with Crippen molar-refractivity contribution in [3.63, 3.8) is 0 Å². The molecule has 1 fully saturated rings. The summed E-state index contributed by atoms with van der Waals surface area (Å²) in [5.74, 6) is 0.237. The Bertz CT molecular complexity index is 1410. The maximum absolute atomic E-state index is 13.2. The molecule has 6 rings (SSSR count). The molecule has 38 heavy (non-hydrogen) atoms. The van der Waals surface area contributed by atoms with Gasteiger partial charge in [0.1, 0.15) is 0 Å². The third-order valence-corrected chi connectivity index (χ3v) is 8.22. The van der Waals surface area contributed by atoms with Crippen LogP contribution < -0.4 is 5.32 Å². The molecule has 2 aliphatic heterocycles. The average Bonchev–Trinajstić information content (AvgIpc) is 2.96. The van der Waals surface area contributed by atoms with Gasteiger partial charge in [-0.05, 0) is 64.4 Å². The molecule has 0 saturated carbocycles. The quantitative estimate of drug-likeness (QED) is 0.340. The van der Waals surface area contributed by atoms with Crippen LogP contribution in [0.4, 0.5) is 0 Å². The second-order valence-corrected chi connectivity index (χ2v) is 11.0. The van der Waals surface area contributed by atoms with E-state index >= 15 is 0 Å². The van der Waals surface area contributed by atoms with Crippen LogP contribution in [-0.2, 0) is 37.4 Å². The van der Waals surface area contributed by atoms with Crippen molar-refractivity contribution >= 4 is 16.7 Å². The van der Waals surface area contributed by atoms with Crippen molar-refractivity contribution in [2.24, 2.45) is 5.92 Å². The highest BCUT2D eigenvalue weighted by Crippen LogP contribution is 2.24. The summed E-state index contributed by atoms with van der Waals surface area (Å²) in [4.78, 5) is 18.1. The van der Waals surface area contributed by atoms with E-state index in [-0.39, 0.29) is 11.8 Å². The summed E-state index contributed by atoms with van der Waals surface area (Å²) in [6.45, 7) is 6.41. The molecule has 0 radical (unpaired) electrons. The fourth-order valence-corrected chi connectivity index (χ4v) is 6.20. The molecule has 4 aromatic carbocycles. The molecule has 194 valence electrons. The summed E-state index contributed by atoms with van der Waals surface area (Å²) >= 11 is 0. The van der Waals surface area contributed by atoms with Gasteiger partial charge in [0, 0.05) is 39.3 Å². The van der Waals surface area contributed by atoms with Crippen molar-refractivity contribution in [1.29, 1.82) is 0 Å². The zero-order valence-corrected chi connectivity index (χ0v) is 22.1. The van der Waals surface area contributed by atoms with E-state index in [1.165, 1.54) is 38.6 Å². The van der Waals surface area contributed by atoms with E-state index < -0.39 is 0 Å². The highest BCUT2D eigenvalue weighted by Gasteiger charge is 2.26. The van der Waals surface area contributed by atoms with Crippen molar-refractivity contribution < 1.29 is 4.79 Å². The summed E-state index contributed by atoms with van der Waals surface area (Å²) in [6.07, 6.45) is 3.15. The number of nitrogens with zero attached hydrogens (tertiary/aromatic N) is 2. The van der Waals surface area contributed by atoms with Gasteiger partial charge in [-0.1, -0.05) is 91.0 Å². The minimum Gasteiger partial charge on any atom is -0.352 e. The highest BCUT2D eigenvalue weighted by atomic mass is 16.1. The number of nitrogens with one attached hydrogen (secondary N) is 1. The van der Waals surface area contributed by atoms with Gasteiger partial charge in [-0.15, -0.1) is 0 Å². The van der Waals surface area contributed by atoms with Crippen LogP contribution >= 0.6 is 0 Å². The number of rotatable bonds is 7. The van der Waals surface area contributed by atoms with Crippen molar-refractivity contribution in [3.8, 4) is 0 Å². The van der Waals surface area contributed by atoms with Crippen LogP contribution in [0.5, 0.6) is 0 Å². The van der Waals surface area contributed by atoms with Gasteiger partial charge in [0.2, 0.25) is 5.91 Å². The Labute approximate surface area is 226 Å². The van der Waals surface area contributed by atoms with Gasteiger partial charge >= 0.3 is 0 Å². The van der Waals surface area contributed by atoms with Crippen LogP contribution in [0, 0.1) is 5.92 Å². The van der Waals surface area contributed by atoms with E-state index in [1.807, 2.05) is 0 Å². The van der Waals surface area contributed by atoms with E-state index in [0.717, 1.165) is 58.5 Å². The summed E-state index contributed by atoms with van der Waals surface area (Å²) in [6, 6.07) is 32.6. The molecule has 1 atom stereocenters. The zero-order chi connectivity index (χ0) is 25.7. The Morgan fingerprint density at radius 2 is 1.58 bits per heavy atom. The maximum Gasteiger partial charge on any atom is 0.224 e. The number of carbonyl (C=O) groups is 1. The number of hydrogen-bond acceptors (Lipinski definition) is 3. The molecule has 1 unspecified atom stereocenters. The first kappa shape index (κ1) is 24.8. The van der Waals surface area contributed by atoms with Gasteiger partial charge in [0.25, 0.3) is 0 Å². The molecule has 4 nitrogen and oxygen atoms in total. The molecule has 2 heterocycles. The predicted molar refractivity (Wildman–Crippen MR) is 154 cm³/mol. The molecular formula is C34H37N3O. The summed E-state index contributed by atoms with van der Waals surface area (Å²) in [5, 5.41) is 5.84. The second kappa shape index (κ2) is 11.5. The first-order valence-corrected chi connectivity index (χ1v) is 14.0. The third kappa shape index (κ3) is 5.82. The molecule has 0 aliphatic carbocycles. The lowest BCUT2D eigenvalue weighted by molar-refractivity contribution is -0.126. The number of amides is 1. The molecule has 0 bridgehead atoms. The van der Waals surface area contributed by atoms with Crippen LogP contribution in [0.1, 0.15) is 40.7 Å². The van der Waals surface area contributed by atoms with Crippen LogP contribution in [0.25, 0.3) is 10.8 Å². The largest absolute Gasteiger partial charge is 0.352 e.